The number of hydrogen-bond donors (Lipinski definition) is 1. The highest BCUT2D eigenvalue weighted by Gasteiger charge is 2.11. The smallest absolute Gasteiger partial charge is 0.128 e. The summed E-state index contributed by atoms with van der Waals surface area (Å²) in [4.78, 5) is 4.46. The molecular weight excluding hydrogens is 267 g/mol. The van der Waals surface area contributed by atoms with E-state index in [1.807, 2.05) is 27.0 Å². The molecule has 1 N–H and O–H groups in total. The summed E-state index contributed by atoms with van der Waals surface area (Å²) in [6, 6.07) is 6.67. The van der Waals surface area contributed by atoms with Gasteiger partial charge in [-0.15, -0.1) is 0 Å². The molecule has 0 fully saturated rings. The zero-order valence-corrected chi connectivity index (χ0v) is 12.9. The molecule has 0 radical (unpaired) electrons. The van der Waals surface area contributed by atoms with Crippen LogP contribution in [0.5, 0.6) is 5.75 Å². The highest BCUT2D eigenvalue weighted by atomic mass is 19.1. The molecule has 0 aliphatic rings. The van der Waals surface area contributed by atoms with Crippen molar-refractivity contribution in [2.45, 2.75) is 33.4 Å². The van der Waals surface area contributed by atoms with Gasteiger partial charge in [-0.1, -0.05) is 12.1 Å². The van der Waals surface area contributed by atoms with Gasteiger partial charge >= 0.3 is 0 Å². The lowest BCUT2D eigenvalue weighted by Gasteiger charge is -2.16. The Kier molecular flexibility index (Phi) is 4.91. The lowest BCUT2D eigenvalue weighted by atomic mass is 10.1. The van der Waals surface area contributed by atoms with Gasteiger partial charge in [0.25, 0.3) is 0 Å². The van der Waals surface area contributed by atoms with Crippen LogP contribution in [-0.4, -0.2) is 12.1 Å². The Morgan fingerprint density at radius 3 is 2.52 bits per heavy atom. The molecule has 0 bridgehead atoms. The maximum atomic E-state index is 12.9. The predicted octanol–water partition coefficient (Wildman–Crippen LogP) is 3.70. The maximum absolute atomic E-state index is 12.9. The van der Waals surface area contributed by atoms with E-state index in [4.69, 9.17) is 4.74 Å². The van der Waals surface area contributed by atoms with E-state index in [1.165, 1.54) is 12.1 Å². The number of methoxy groups -OCH3 is 1. The minimum atomic E-state index is -0.216. The van der Waals surface area contributed by atoms with Crippen LogP contribution in [0.15, 0.2) is 30.5 Å². The Morgan fingerprint density at radius 2 is 1.90 bits per heavy atom. The standard InChI is InChI=1S/C17H21FN2O/c1-11-9-20-16(12(2)17(11)21-4)10-19-13(3)14-5-7-15(18)8-6-14/h5-9,13,19H,10H2,1-4H3/t13-/m0/s1. The molecule has 1 atom stereocenters. The molecule has 0 saturated carbocycles. The third-order valence-electron chi connectivity index (χ3n) is 3.70. The number of benzene rings is 1. The highest BCUT2D eigenvalue weighted by molar-refractivity contribution is 5.41. The number of pyridine rings is 1. The number of rotatable bonds is 5. The van der Waals surface area contributed by atoms with Crippen LogP contribution < -0.4 is 10.1 Å². The van der Waals surface area contributed by atoms with Crippen LogP contribution >= 0.6 is 0 Å². The van der Waals surface area contributed by atoms with Crippen molar-refractivity contribution < 1.29 is 9.13 Å². The third kappa shape index (κ3) is 3.58. The molecule has 1 aromatic carbocycles. The van der Waals surface area contributed by atoms with Crippen molar-refractivity contribution in [2.24, 2.45) is 0 Å². The molecule has 2 rings (SSSR count). The first-order valence-electron chi connectivity index (χ1n) is 7.01. The first kappa shape index (κ1) is 15.4. The van der Waals surface area contributed by atoms with Crippen molar-refractivity contribution in [3.05, 3.63) is 58.7 Å². The molecule has 1 aromatic heterocycles. The van der Waals surface area contributed by atoms with Gasteiger partial charge in [0.2, 0.25) is 0 Å². The summed E-state index contributed by atoms with van der Waals surface area (Å²) in [5, 5.41) is 3.41. The number of hydrogen-bond acceptors (Lipinski definition) is 3. The van der Waals surface area contributed by atoms with E-state index in [0.29, 0.717) is 6.54 Å². The number of aryl methyl sites for hydroxylation is 1. The topological polar surface area (TPSA) is 34.1 Å². The predicted molar refractivity (Wildman–Crippen MR) is 81.9 cm³/mol. The molecule has 0 aliphatic carbocycles. The number of aromatic nitrogens is 1. The summed E-state index contributed by atoms with van der Waals surface area (Å²) in [5.41, 5.74) is 4.10. The monoisotopic (exact) mass is 288 g/mol. The molecule has 2 aromatic rings. The molecule has 0 amide bonds. The van der Waals surface area contributed by atoms with Crippen LogP contribution in [0, 0.1) is 19.7 Å². The van der Waals surface area contributed by atoms with Crippen LogP contribution in [0.4, 0.5) is 4.39 Å². The summed E-state index contributed by atoms with van der Waals surface area (Å²) in [6.45, 7) is 6.69. The summed E-state index contributed by atoms with van der Waals surface area (Å²) >= 11 is 0. The second-order valence-electron chi connectivity index (χ2n) is 5.20. The first-order chi connectivity index (χ1) is 10.0. The van der Waals surface area contributed by atoms with Crippen molar-refractivity contribution in [3.63, 3.8) is 0 Å². The van der Waals surface area contributed by atoms with Crippen LogP contribution in [0.25, 0.3) is 0 Å². The molecule has 21 heavy (non-hydrogen) atoms. The molecule has 0 aliphatic heterocycles. The summed E-state index contributed by atoms with van der Waals surface area (Å²) in [6.07, 6.45) is 1.82. The first-order valence-corrected chi connectivity index (χ1v) is 7.01. The summed E-state index contributed by atoms with van der Waals surface area (Å²) in [5.74, 6) is 0.669. The Labute approximate surface area is 125 Å². The van der Waals surface area contributed by atoms with Gasteiger partial charge in [0.1, 0.15) is 11.6 Å². The van der Waals surface area contributed by atoms with Crippen LogP contribution in [0.2, 0.25) is 0 Å². The summed E-state index contributed by atoms with van der Waals surface area (Å²) in [7, 11) is 1.67. The van der Waals surface area contributed by atoms with Gasteiger partial charge in [0.05, 0.1) is 12.8 Å². The van der Waals surface area contributed by atoms with Crippen molar-refractivity contribution in [3.8, 4) is 5.75 Å². The quantitative estimate of drug-likeness (QED) is 0.911. The van der Waals surface area contributed by atoms with Crippen molar-refractivity contribution >= 4 is 0 Å². The van der Waals surface area contributed by atoms with E-state index in [1.54, 1.807) is 19.2 Å². The van der Waals surface area contributed by atoms with Crippen LogP contribution in [0.1, 0.15) is 35.3 Å². The molecule has 1 heterocycles. The largest absolute Gasteiger partial charge is 0.496 e. The van der Waals surface area contributed by atoms with Gasteiger partial charge < -0.3 is 10.1 Å². The van der Waals surface area contributed by atoms with E-state index in [2.05, 4.69) is 10.3 Å². The maximum Gasteiger partial charge on any atom is 0.128 e. The van der Waals surface area contributed by atoms with Crippen molar-refractivity contribution in [1.29, 1.82) is 0 Å². The number of ether oxygens (including phenoxy) is 1. The minimum absolute atomic E-state index is 0.124. The second-order valence-corrected chi connectivity index (χ2v) is 5.20. The lowest BCUT2D eigenvalue weighted by Crippen LogP contribution is -2.19. The Balaban J connectivity index is 2.08. The minimum Gasteiger partial charge on any atom is -0.496 e. The molecule has 0 unspecified atom stereocenters. The van der Waals surface area contributed by atoms with Crippen LogP contribution in [-0.2, 0) is 6.54 Å². The van der Waals surface area contributed by atoms with Gasteiger partial charge in [-0.05, 0) is 38.5 Å². The average molecular weight is 288 g/mol. The van der Waals surface area contributed by atoms with Crippen molar-refractivity contribution in [2.75, 3.05) is 7.11 Å². The highest BCUT2D eigenvalue weighted by Crippen LogP contribution is 2.24. The van der Waals surface area contributed by atoms with Gasteiger partial charge in [-0.25, -0.2) is 4.39 Å². The van der Waals surface area contributed by atoms with E-state index >= 15 is 0 Å². The molecule has 0 spiro atoms. The zero-order chi connectivity index (χ0) is 15.4. The van der Waals surface area contributed by atoms with Gasteiger partial charge in [0, 0.05) is 29.9 Å². The fourth-order valence-corrected chi connectivity index (χ4v) is 2.37. The van der Waals surface area contributed by atoms with Crippen LogP contribution in [0.3, 0.4) is 0 Å². The van der Waals surface area contributed by atoms with E-state index in [0.717, 1.165) is 28.1 Å². The normalized spacial score (nSPS) is 12.2. The van der Waals surface area contributed by atoms with E-state index in [-0.39, 0.29) is 11.9 Å². The average Bonchev–Trinajstić information content (AvgIpc) is 2.47. The molecular formula is C17H21FN2O. The molecule has 112 valence electrons. The number of nitrogens with one attached hydrogen (secondary N) is 1. The van der Waals surface area contributed by atoms with Gasteiger partial charge in [0.15, 0.2) is 0 Å². The second kappa shape index (κ2) is 6.68. The summed E-state index contributed by atoms with van der Waals surface area (Å²) < 4.78 is 18.3. The molecule has 3 nitrogen and oxygen atoms in total. The van der Waals surface area contributed by atoms with E-state index < -0.39 is 0 Å². The SMILES string of the molecule is COc1c(C)cnc(CN[C@@H](C)c2ccc(F)cc2)c1C. The Morgan fingerprint density at radius 1 is 1.24 bits per heavy atom. The Bertz CT molecular complexity index is 611. The Hall–Kier alpha value is -1.94. The van der Waals surface area contributed by atoms with Gasteiger partial charge in [-0.3, -0.25) is 4.98 Å². The third-order valence-corrected chi connectivity index (χ3v) is 3.70. The van der Waals surface area contributed by atoms with Gasteiger partial charge in [-0.2, -0.15) is 0 Å². The van der Waals surface area contributed by atoms with E-state index in [9.17, 15) is 4.39 Å². The lowest BCUT2D eigenvalue weighted by molar-refractivity contribution is 0.406. The molecule has 0 saturated heterocycles. The fourth-order valence-electron chi connectivity index (χ4n) is 2.37. The van der Waals surface area contributed by atoms with Crippen molar-refractivity contribution in [1.82, 2.24) is 10.3 Å². The zero-order valence-electron chi connectivity index (χ0n) is 12.9. The number of halogens is 1. The molecule has 4 heteroatoms. The fraction of sp³-hybridized carbons (Fsp3) is 0.353. The number of nitrogens with zero attached hydrogens (tertiary/aromatic N) is 1.